The Bertz CT molecular complexity index is 1260. The van der Waals surface area contributed by atoms with Crippen molar-refractivity contribution in [3.05, 3.63) is 89.5 Å². The van der Waals surface area contributed by atoms with Crippen molar-refractivity contribution in [1.29, 1.82) is 0 Å². The maximum Gasteiger partial charge on any atom is 0.461 e. The van der Waals surface area contributed by atoms with Gasteiger partial charge in [-0.3, -0.25) is 0 Å². The monoisotopic (exact) mass is 518 g/mol. The number of anilines is 2. The predicted molar refractivity (Wildman–Crippen MR) is 128 cm³/mol. The van der Waals surface area contributed by atoms with E-state index in [4.69, 9.17) is 20.9 Å². The van der Waals surface area contributed by atoms with Gasteiger partial charge in [-0.2, -0.15) is 17.6 Å². The summed E-state index contributed by atoms with van der Waals surface area (Å²) in [5, 5.41) is 0. The van der Waals surface area contributed by atoms with Crippen LogP contribution in [0.15, 0.2) is 72.8 Å². The molecule has 194 valence electrons. The second-order valence-electron chi connectivity index (χ2n) is 7.66. The molecule has 0 atom stereocenters. The van der Waals surface area contributed by atoms with Crippen molar-refractivity contribution in [3.63, 3.8) is 0 Å². The Morgan fingerprint density at radius 2 is 1.57 bits per heavy atom. The van der Waals surface area contributed by atoms with Gasteiger partial charge in [0.1, 0.15) is 11.5 Å². The first-order chi connectivity index (χ1) is 17.5. The summed E-state index contributed by atoms with van der Waals surface area (Å²) in [6.07, 6.45) is -5.46. The van der Waals surface area contributed by atoms with E-state index in [0.29, 0.717) is 23.4 Å². The number of esters is 2. The number of halogens is 4. The largest absolute Gasteiger partial charge is 0.462 e. The van der Waals surface area contributed by atoms with Crippen molar-refractivity contribution in [2.24, 2.45) is 0 Å². The third-order valence-corrected chi connectivity index (χ3v) is 4.89. The standard InChI is InChI=1S/C26H22F4N2O5/c27-25(28)26(29,30)37-21-10-8-20(9-11-21)36-24(34)18-4-1-16(2-5-18)3-12-23(33)35-14-13-17-6-7-19(31)15-22(17)32/h1-12,15,25H,13-14,31-32H2/b12-3+. The molecule has 0 aliphatic rings. The number of ether oxygens (including phenoxy) is 3. The Balaban J connectivity index is 1.48. The minimum absolute atomic E-state index is 0.00911. The van der Waals surface area contributed by atoms with Gasteiger partial charge in [0.15, 0.2) is 0 Å². The van der Waals surface area contributed by atoms with E-state index in [9.17, 15) is 27.2 Å². The van der Waals surface area contributed by atoms with E-state index >= 15 is 0 Å². The van der Waals surface area contributed by atoms with Gasteiger partial charge in [-0.05, 0) is 65.7 Å². The van der Waals surface area contributed by atoms with E-state index < -0.39 is 30.2 Å². The number of rotatable bonds is 10. The van der Waals surface area contributed by atoms with E-state index in [1.165, 1.54) is 24.3 Å². The van der Waals surface area contributed by atoms with Crippen LogP contribution in [-0.2, 0) is 16.0 Å². The fourth-order valence-corrected chi connectivity index (χ4v) is 2.99. The Morgan fingerprint density at radius 1 is 0.919 bits per heavy atom. The molecule has 3 aromatic rings. The number of carbonyl (C=O) groups excluding carboxylic acids is 2. The van der Waals surface area contributed by atoms with Crippen LogP contribution in [-0.4, -0.2) is 31.1 Å². The average molecular weight is 518 g/mol. The zero-order chi connectivity index (χ0) is 27.0. The lowest BCUT2D eigenvalue weighted by Crippen LogP contribution is -2.33. The number of hydrogen-bond acceptors (Lipinski definition) is 7. The van der Waals surface area contributed by atoms with Crippen LogP contribution in [0.1, 0.15) is 21.5 Å². The molecule has 0 fully saturated rings. The SMILES string of the molecule is Nc1ccc(CCOC(=O)/C=C/c2ccc(C(=O)Oc3ccc(OC(F)(F)C(F)F)cc3)cc2)c(N)c1. The number of nitrogens with two attached hydrogens (primary N) is 2. The zero-order valence-electron chi connectivity index (χ0n) is 19.2. The van der Waals surface area contributed by atoms with Crippen molar-refractivity contribution in [2.45, 2.75) is 19.0 Å². The quantitative estimate of drug-likeness (QED) is 0.126. The van der Waals surface area contributed by atoms with Crippen LogP contribution in [0.2, 0.25) is 0 Å². The molecule has 0 aromatic heterocycles. The Morgan fingerprint density at radius 3 is 2.19 bits per heavy atom. The van der Waals surface area contributed by atoms with Crippen LogP contribution in [0.25, 0.3) is 6.08 Å². The normalized spacial score (nSPS) is 11.5. The topological polar surface area (TPSA) is 114 Å². The van der Waals surface area contributed by atoms with Gasteiger partial charge < -0.3 is 25.7 Å². The van der Waals surface area contributed by atoms with Gasteiger partial charge in [0.05, 0.1) is 12.2 Å². The van der Waals surface area contributed by atoms with Crippen LogP contribution in [0.5, 0.6) is 11.5 Å². The summed E-state index contributed by atoms with van der Waals surface area (Å²) in [4.78, 5) is 24.2. The Labute approximate surface area is 209 Å². The van der Waals surface area contributed by atoms with Crippen LogP contribution in [0.4, 0.5) is 28.9 Å². The molecule has 0 aliphatic carbocycles. The average Bonchev–Trinajstić information content (AvgIpc) is 2.85. The molecule has 3 aromatic carbocycles. The highest BCUT2D eigenvalue weighted by molar-refractivity contribution is 5.91. The van der Waals surface area contributed by atoms with Crippen molar-refractivity contribution in [3.8, 4) is 11.5 Å². The van der Waals surface area contributed by atoms with Gasteiger partial charge in [0.2, 0.25) is 0 Å². The maximum atomic E-state index is 12.9. The van der Waals surface area contributed by atoms with E-state index in [1.807, 2.05) is 0 Å². The lowest BCUT2D eigenvalue weighted by Gasteiger charge is -2.16. The Kier molecular flexibility index (Phi) is 8.72. The molecule has 0 unspecified atom stereocenters. The van der Waals surface area contributed by atoms with Gasteiger partial charge in [-0.25, -0.2) is 9.59 Å². The third kappa shape index (κ3) is 7.99. The van der Waals surface area contributed by atoms with Crippen LogP contribution >= 0.6 is 0 Å². The molecule has 0 spiro atoms. The number of nitrogen functional groups attached to an aromatic ring is 2. The lowest BCUT2D eigenvalue weighted by molar-refractivity contribution is -0.253. The molecule has 0 radical (unpaired) electrons. The zero-order valence-corrected chi connectivity index (χ0v) is 19.2. The van der Waals surface area contributed by atoms with Crippen LogP contribution in [0.3, 0.4) is 0 Å². The van der Waals surface area contributed by atoms with Gasteiger partial charge in [0, 0.05) is 23.9 Å². The van der Waals surface area contributed by atoms with Crippen LogP contribution in [0, 0.1) is 0 Å². The summed E-state index contributed by atoms with van der Waals surface area (Å²) in [5.41, 5.74) is 14.2. The molecular formula is C26H22F4N2O5. The summed E-state index contributed by atoms with van der Waals surface area (Å²) < 4.78 is 64.5. The minimum atomic E-state index is -4.64. The lowest BCUT2D eigenvalue weighted by atomic mass is 10.1. The summed E-state index contributed by atoms with van der Waals surface area (Å²) in [6.45, 7) is 0.129. The first-order valence-electron chi connectivity index (χ1n) is 10.8. The molecule has 0 saturated carbocycles. The molecule has 11 heteroatoms. The maximum absolute atomic E-state index is 12.9. The molecule has 37 heavy (non-hydrogen) atoms. The second kappa shape index (κ2) is 11.9. The molecule has 3 rings (SSSR count). The molecule has 0 amide bonds. The minimum Gasteiger partial charge on any atom is -0.462 e. The van der Waals surface area contributed by atoms with E-state index in [2.05, 4.69) is 4.74 Å². The number of benzene rings is 3. The number of carbonyl (C=O) groups is 2. The summed E-state index contributed by atoms with van der Waals surface area (Å²) >= 11 is 0. The van der Waals surface area contributed by atoms with E-state index in [-0.39, 0.29) is 17.9 Å². The smallest absolute Gasteiger partial charge is 0.461 e. The Hall–Kier alpha value is -4.54. The summed E-state index contributed by atoms with van der Waals surface area (Å²) in [6, 6.07) is 15.3. The first kappa shape index (κ1) is 27.1. The van der Waals surface area contributed by atoms with Gasteiger partial charge in [-0.15, -0.1) is 0 Å². The number of hydrogen-bond donors (Lipinski definition) is 2. The highest BCUT2D eigenvalue weighted by Crippen LogP contribution is 2.28. The molecule has 0 saturated heterocycles. The van der Waals surface area contributed by atoms with Crippen molar-refractivity contribution in [1.82, 2.24) is 0 Å². The van der Waals surface area contributed by atoms with Gasteiger partial charge in [-0.1, -0.05) is 18.2 Å². The highest BCUT2D eigenvalue weighted by Gasteiger charge is 2.43. The molecule has 4 N–H and O–H groups in total. The van der Waals surface area contributed by atoms with Crippen molar-refractivity contribution < 1.29 is 41.4 Å². The fourth-order valence-electron chi connectivity index (χ4n) is 2.99. The summed E-state index contributed by atoms with van der Waals surface area (Å²) in [7, 11) is 0. The number of alkyl halides is 4. The van der Waals surface area contributed by atoms with Gasteiger partial charge >= 0.3 is 24.5 Å². The fraction of sp³-hybridized carbons (Fsp3) is 0.154. The van der Waals surface area contributed by atoms with Crippen molar-refractivity contribution >= 4 is 29.4 Å². The molecule has 0 aliphatic heterocycles. The van der Waals surface area contributed by atoms with Gasteiger partial charge in [0.25, 0.3) is 0 Å². The van der Waals surface area contributed by atoms with Crippen molar-refractivity contribution in [2.75, 3.05) is 18.1 Å². The summed E-state index contributed by atoms with van der Waals surface area (Å²) in [5.74, 6) is -1.83. The van der Waals surface area contributed by atoms with Crippen LogP contribution < -0.4 is 20.9 Å². The molecular weight excluding hydrogens is 496 g/mol. The molecule has 7 nitrogen and oxygen atoms in total. The molecule has 0 bridgehead atoms. The highest BCUT2D eigenvalue weighted by atomic mass is 19.3. The predicted octanol–water partition coefficient (Wildman–Crippen LogP) is 5.11. The third-order valence-electron chi connectivity index (χ3n) is 4.89. The van der Waals surface area contributed by atoms with E-state index in [0.717, 1.165) is 29.8 Å². The first-order valence-corrected chi connectivity index (χ1v) is 10.8. The molecule has 0 heterocycles. The van der Waals surface area contributed by atoms with E-state index in [1.54, 1.807) is 30.3 Å². The second-order valence-corrected chi connectivity index (χ2v) is 7.66.